The molecule has 0 aliphatic heterocycles. The maximum absolute atomic E-state index is 3.69. The summed E-state index contributed by atoms with van der Waals surface area (Å²) in [6, 6.07) is 0.711. The first-order chi connectivity index (χ1) is 6.54. The smallest absolute Gasteiger partial charge is 0.0116 e. The fourth-order valence-electron chi connectivity index (χ4n) is 1.97. The summed E-state index contributed by atoms with van der Waals surface area (Å²) in [5.41, 5.74) is 0.421. The Bertz CT molecular complexity index is 153. The second kappa shape index (κ2) is 5.16. The molecule has 1 unspecified atom stereocenters. The van der Waals surface area contributed by atoms with Gasteiger partial charge in [0.05, 0.1) is 0 Å². The molecule has 1 atom stereocenters. The number of hydrogen-bond donors (Lipinski definition) is 1. The third-order valence-corrected chi connectivity index (χ3v) is 3.25. The standard InChI is InChI=1S/C13H27N/c1-5-10-14-12(13(2,3)4)9-8-11-6-7-11/h11-12,14H,5-10H2,1-4H3. The Balaban J connectivity index is 2.26. The summed E-state index contributed by atoms with van der Waals surface area (Å²) in [4.78, 5) is 0. The molecular formula is C13H27N. The maximum Gasteiger partial charge on any atom is 0.0116 e. The molecule has 1 rings (SSSR count). The Hall–Kier alpha value is -0.0400. The first kappa shape index (κ1) is 12.0. The van der Waals surface area contributed by atoms with Crippen molar-refractivity contribution in [3.63, 3.8) is 0 Å². The van der Waals surface area contributed by atoms with Gasteiger partial charge in [-0.15, -0.1) is 0 Å². The normalized spacial score (nSPS) is 19.7. The van der Waals surface area contributed by atoms with Crippen molar-refractivity contribution >= 4 is 0 Å². The van der Waals surface area contributed by atoms with Crippen LogP contribution in [0.5, 0.6) is 0 Å². The summed E-state index contributed by atoms with van der Waals surface area (Å²) in [6.07, 6.45) is 7.04. The van der Waals surface area contributed by atoms with Crippen LogP contribution in [0.3, 0.4) is 0 Å². The molecule has 0 heterocycles. The molecule has 1 aliphatic carbocycles. The van der Waals surface area contributed by atoms with Crippen molar-refractivity contribution in [2.24, 2.45) is 11.3 Å². The van der Waals surface area contributed by atoms with Crippen LogP contribution in [0.1, 0.15) is 59.8 Å². The predicted octanol–water partition coefficient (Wildman–Crippen LogP) is 3.59. The summed E-state index contributed by atoms with van der Waals surface area (Å²) in [7, 11) is 0. The van der Waals surface area contributed by atoms with E-state index in [2.05, 4.69) is 33.0 Å². The molecule has 1 fully saturated rings. The molecular weight excluding hydrogens is 170 g/mol. The highest BCUT2D eigenvalue weighted by atomic mass is 14.9. The van der Waals surface area contributed by atoms with Gasteiger partial charge in [-0.05, 0) is 37.1 Å². The van der Waals surface area contributed by atoms with Crippen molar-refractivity contribution in [3.05, 3.63) is 0 Å². The fourth-order valence-corrected chi connectivity index (χ4v) is 1.97. The van der Waals surface area contributed by atoms with Gasteiger partial charge in [-0.3, -0.25) is 0 Å². The van der Waals surface area contributed by atoms with Crippen LogP contribution in [-0.2, 0) is 0 Å². The van der Waals surface area contributed by atoms with Crippen LogP contribution in [0, 0.1) is 11.3 Å². The highest BCUT2D eigenvalue weighted by molar-refractivity contribution is 4.83. The van der Waals surface area contributed by atoms with E-state index in [1.54, 1.807) is 0 Å². The number of hydrogen-bond acceptors (Lipinski definition) is 1. The molecule has 0 aromatic carbocycles. The van der Waals surface area contributed by atoms with E-state index in [9.17, 15) is 0 Å². The Morgan fingerprint density at radius 3 is 2.36 bits per heavy atom. The average Bonchev–Trinajstić information content (AvgIpc) is 2.85. The second-order valence-electron chi connectivity index (χ2n) is 5.89. The van der Waals surface area contributed by atoms with Gasteiger partial charge in [0.15, 0.2) is 0 Å². The van der Waals surface area contributed by atoms with Gasteiger partial charge in [0.2, 0.25) is 0 Å². The monoisotopic (exact) mass is 197 g/mol. The molecule has 0 aromatic rings. The zero-order valence-corrected chi connectivity index (χ0v) is 10.4. The minimum Gasteiger partial charge on any atom is -0.313 e. The lowest BCUT2D eigenvalue weighted by atomic mass is 9.83. The largest absolute Gasteiger partial charge is 0.313 e. The minimum atomic E-state index is 0.421. The van der Waals surface area contributed by atoms with E-state index in [1.807, 2.05) is 0 Å². The lowest BCUT2D eigenvalue weighted by Gasteiger charge is -2.32. The molecule has 1 heteroatoms. The lowest BCUT2D eigenvalue weighted by molar-refractivity contribution is 0.248. The van der Waals surface area contributed by atoms with Gasteiger partial charge in [-0.2, -0.15) is 0 Å². The molecule has 84 valence electrons. The van der Waals surface area contributed by atoms with E-state index in [1.165, 1.54) is 38.6 Å². The SMILES string of the molecule is CCCNC(CCC1CC1)C(C)(C)C. The average molecular weight is 197 g/mol. The van der Waals surface area contributed by atoms with E-state index < -0.39 is 0 Å². The van der Waals surface area contributed by atoms with Crippen LogP contribution in [0.4, 0.5) is 0 Å². The van der Waals surface area contributed by atoms with Crippen LogP contribution in [0.15, 0.2) is 0 Å². The predicted molar refractivity (Wildman–Crippen MR) is 63.5 cm³/mol. The quantitative estimate of drug-likeness (QED) is 0.686. The Morgan fingerprint density at radius 2 is 1.93 bits per heavy atom. The highest BCUT2D eigenvalue weighted by Crippen LogP contribution is 2.35. The van der Waals surface area contributed by atoms with Gasteiger partial charge >= 0.3 is 0 Å². The molecule has 0 spiro atoms. The van der Waals surface area contributed by atoms with E-state index >= 15 is 0 Å². The lowest BCUT2D eigenvalue weighted by Crippen LogP contribution is -2.40. The number of rotatable bonds is 6. The third-order valence-electron chi connectivity index (χ3n) is 3.25. The number of nitrogens with one attached hydrogen (secondary N) is 1. The minimum absolute atomic E-state index is 0.421. The molecule has 1 nitrogen and oxygen atoms in total. The van der Waals surface area contributed by atoms with Crippen molar-refractivity contribution in [1.82, 2.24) is 5.32 Å². The first-order valence-electron chi connectivity index (χ1n) is 6.27. The van der Waals surface area contributed by atoms with Gasteiger partial charge in [-0.1, -0.05) is 40.5 Å². The van der Waals surface area contributed by atoms with Crippen LogP contribution < -0.4 is 5.32 Å². The van der Waals surface area contributed by atoms with Gasteiger partial charge < -0.3 is 5.32 Å². The van der Waals surface area contributed by atoms with Crippen molar-refractivity contribution < 1.29 is 0 Å². The molecule has 0 amide bonds. The summed E-state index contributed by atoms with van der Waals surface area (Å²) >= 11 is 0. The van der Waals surface area contributed by atoms with E-state index in [4.69, 9.17) is 0 Å². The maximum atomic E-state index is 3.69. The van der Waals surface area contributed by atoms with Gasteiger partial charge in [-0.25, -0.2) is 0 Å². The zero-order chi connectivity index (χ0) is 10.6. The Kier molecular flexibility index (Phi) is 4.43. The molecule has 0 saturated heterocycles. The van der Waals surface area contributed by atoms with Crippen LogP contribution >= 0.6 is 0 Å². The third kappa shape index (κ3) is 4.45. The van der Waals surface area contributed by atoms with E-state index in [-0.39, 0.29) is 0 Å². The molecule has 0 radical (unpaired) electrons. The van der Waals surface area contributed by atoms with Gasteiger partial charge in [0.1, 0.15) is 0 Å². The summed E-state index contributed by atoms with van der Waals surface area (Å²) in [5, 5.41) is 3.69. The van der Waals surface area contributed by atoms with Crippen molar-refractivity contribution in [2.75, 3.05) is 6.54 Å². The van der Waals surface area contributed by atoms with Crippen molar-refractivity contribution in [2.45, 2.75) is 65.8 Å². The molecule has 1 saturated carbocycles. The van der Waals surface area contributed by atoms with Crippen molar-refractivity contribution in [3.8, 4) is 0 Å². The molecule has 0 bridgehead atoms. The van der Waals surface area contributed by atoms with Gasteiger partial charge in [0.25, 0.3) is 0 Å². The van der Waals surface area contributed by atoms with Crippen LogP contribution in [0.2, 0.25) is 0 Å². The van der Waals surface area contributed by atoms with Crippen LogP contribution in [0.25, 0.3) is 0 Å². The zero-order valence-electron chi connectivity index (χ0n) is 10.4. The molecule has 1 N–H and O–H groups in total. The van der Waals surface area contributed by atoms with E-state index in [0.29, 0.717) is 11.5 Å². The van der Waals surface area contributed by atoms with Crippen LogP contribution in [-0.4, -0.2) is 12.6 Å². The topological polar surface area (TPSA) is 12.0 Å². The Morgan fingerprint density at radius 1 is 1.29 bits per heavy atom. The first-order valence-corrected chi connectivity index (χ1v) is 6.27. The Labute approximate surface area is 89.7 Å². The summed E-state index contributed by atoms with van der Waals surface area (Å²) < 4.78 is 0. The fraction of sp³-hybridized carbons (Fsp3) is 1.00. The highest BCUT2D eigenvalue weighted by Gasteiger charge is 2.27. The molecule has 14 heavy (non-hydrogen) atoms. The second-order valence-corrected chi connectivity index (χ2v) is 5.89. The molecule has 0 aromatic heterocycles. The van der Waals surface area contributed by atoms with E-state index in [0.717, 1.165) is 5.92 Å². The van der Waals surface area contributed by atoms with Crippen molar-refractivity contribution in [1.29, 1.82) is 0 Å². The molecule has 1 aliphatic rings. The van der Waals surface area contributed by atoms with Gasteiger partial charge in [0, 0.05) is 6.04 Å². The summed E-state index contributed by atoms with van der Waals surface area (Å²) in [5.74, 6) is 1.07. The summed E-state index contributed by atoms with van der Waals surface area (Å²) in [6.45, 7) is 10.5.